The van der Waals surface area contributed by atoms with Gasteiger partial charge in [-0.15, -0.1) is 11.3 Å². The lowest BCUT2D eigenvalue weighted by atomic mass is 9.93. The van der Waals surface area contributed by atoms with E-state index < -0.39 is 0 Å². The van der Waals surface area contributed by atoms with Crippen LogP contribution in [-0.2, 0) is 12.0 Å². The fourth-order valence-electron chi connectivity index (χ4n) is 1.71. The van der Waals surface area contributed by atoms with Gasteiger partial charge >= 0.3 is 0 Å². The van der Waals surface area contributed by atoms with Crippen LogP contribution in [0.2, 0.25) is 0 Å². The molecule has 0 N–H and O–H groups in total. The molecule has 0 amide bonds. The van der Waals surface area contributed by atoms with Gasteiger partial charge in [0.15, 0.2) is 5.13 Å². The van der Waals surface area contributed by atoms with Crippen molar-refractivity contribution in [3.05, 3.63) is 47.0 Å². The van der Waals surface area contributed by atoms with E-state index in [1.807, 2.05) is 6.07 Å². The van der Waals surface area contributed by atoms with Crippen LogP contribution in [0, 0.1) is 0 Å². The van der Waals surface area contributed by atoms with Crippen LogP contribution in [0.4, 0.5) is 5.13 Å². The Morgan fingerprint density at radius 3 is 2.39 bits per heavy atom. The summed E-state index contributed by atoms with van der Waals surface area (Å²) < 4.78 is 0. The predicted octanol–water partition coefficient (Wildman–Crippen LogP) is 4.08. The average Bonchev–Trinajstić information content (AvgIpc) is 2.79. The number of nitrogens with zero attached hydrogens (tertiary/aromatic N) is 2. The minimum absolute atomic E-state index is 0.127. The van der Waals surface area contributed by atoms with Crippen LogP contribution < -0.4 is 4.90 Å². The highest BCUT2D eigenvalue weighted by Crippen LogP contribution is 2.28. The molecule has 1 aromatic carbocycles. The van der Waals surface area contributed by atoms with Gasteiger partial charge in [0.05, 0.1) is 5.69 Å². The molecule has 3 heteroatoms. The number of thiazole rings is 1. The van der Waals surface area contributed by atoms with E-state index >= 15 is 0 Å². The molecule has 2 rings (SSSR count). The Balaban J connectivity index is 2.10. The molecule has 0 aliphatic rings. The topological polar surface area (TPSA) is 16.1 Å². The number of hydrogen-bond acceptors (Lipinski definition) is 3. The van der Waals surface area contributed by atoms with Gasteiger partial charge in [0.1, 0.15) is 0 Å². The van der Waals surface area contributed by atoms with Gasteiger partial charge in [-0.2, -0.15) is 0 Å². The maximum Gasteiger partial charge on any atom is 0.185 e. The predicted molar refractivity (Wildman–Crippen MR) is 79.4 cm³/mol. The molecule has 1 heterocycles. The number of aromatic nitrogens is 1. The zero-order valence-corrected chi connectivity index (χ0v) is 12.3. The summed E-state index contributed by atoms with van der Waals surface area (Å²) in [6, 6.07) is 10.5. The Bertz CT molecular complexity index is 497. The van der Waals surface area contributed by atoms with Crippen molar-refractivity contribution in [2.24, 2.45) is 0 Å². The van der Waals surface area contributed by atoms with Gasteiger partial charge in [-0.3, -0.25) is 0 Å². The number of benzene rings is 1. The quantitative estimate of drug-likeness (QED) is 0.826. The summed E-state index contributed by atoms with van der Waals surface area (Å²) in [5.74, 6) is 0. The first-order valence-corrected chi connectivity index (χ1v) is 7.06. The van der Waals surface area contributed by atoms with Crippen molar-refractivity contribution in [3.8, 4) is 0 Å². The Labute approximate surface area is 113 Å². The molecule has 18 heavy (non-hydrogen) atoms. The third-order valence-electron chi connectivity index (χ3n) is 2.85. The van der Waals surface area contributed by atoms with Crippen LogP contribution in [0.1, 0.15) is 32.0 Å². The third-order valence-corrected chi connectivity index (χ3v) is 3.80. The first kappa shape index (κ1) is 13.1. The molecular formula is C15H20N2S. The molecule has 0 saturated carbocycles. The normalized spacial score (nSPS) is 11.6. The fraction of sp³-hybridized carbons (Fsp3) is 0.400. The van der Waals surface area contributed by atoms with Gasteiger partial charge in [0.25, 0.3) is 0 Å². The van der Waals surface area contributed by atoms with E-state index in [0.717, 1.165) is 11.7 Å². The number of rotatable bonds is 3. The third kappa shape index (κ3) is 3.10. The first-order valence-electron chi connectivity index (χ1n) is 6.18. The zero-order valence-electron chi connectivity index (χ0n) is 11.5. The lowest BCUT2D eigenvalue weighted by Crippen LogP contribution is -2.17. The summed E-state index contributed by atoms with van der Waals surface area (Å²) in [4.78, 5) is 6.93. The van der Waals surface area contributed by atoms with E-state index in [1.54, 1.807) is 11.3 Å². The minimum atomic E-state index is 0.127. The number of anilines is 1. The molecule has 0 unspecified atom stereocenters. The molecule has 0 spiro atoms. The van der Waals surface area contributed by atoms with Crippen molar-refractivity contribution in [3.63, 3.8) is 0 Å². The Morgan fingerprint density at radius 1 is 1.17 bits per heavy atom. The second-order valence-electron chi connectivity index (χ2n) is 5.61. The van der Waals surface area contributed by atoms with E-state index in [-0.39, 0.29) is 5.41 Å². The van der Waals surface area contributed by atoms with Gasteiger partial charge in [-0.1, -0.05) is 51.1 Å². The van der Waals surface area contributed by atoms with Crippen LogP contribution in [0.25, 0.3) is 0 Å². The SMILES string of the molecule is CN(Cc1ccccc1)c1nc(C(C)(C)C)cs1. The molecule has 96 valence electrons. The Morgan fingerprint density at radius 2 is 1.83 bits per heavy atom. The summed E-state index contributed by atoms with van der Waals surface area (Å²) >= 11 is 1.72. The van der Waals surface area contributed by atoms with E-state index in [1.165, 1.54) is 11.3 Å². The second-order valence-corrected chi connectivity index (χ2v) is 6.44. The van der Waals surface area contributed by atoms with Crippen molar-refractivity contribution in [2.45, 2.75) is 32.7 Å². The summed E-state index contributed by atoms with van der Waals surface area (Å²) in [7, 11) is 2.10. The monoisotopic (exact) mass is 260 g/mol. The molecule has 0 saturated heterocycles. The highest BCUT2D eigenvalue weighted by molar-refractivity contribution is 7.13. The van der Waals surface area contributed by atoms with E-state index in [9.17, 15) is 0 Å². The summed E-state index contributed by atoms with van der Waals surface area (Å²) in [5, 5.41) is 3.25. The van der Waals surface area contributed by atoms with Crippen molar-refractivity contribution < 1.29 is 0 Å². The van der Waals surface area contributed by atoms with Crippen LogP contribution in [0.15, 0.2) is 35.7 Å². The first-order chi connectivity index (χ1) is 8.47. The lowest BCUT2D eigenvalue weighted by Gasteiger charge is -2.17. The molecule has 0 aliphatic heterocycles. The van der Waals surface area contributed by atoms with Crippen LogP contribution in [0.5, 0.6) is 0 Å². The van der Waals surface area contributed by atoms with Crippen LogP contribution in [0.3, 0.4) is 0 Å². The van der Waals surface area contributed by atoms with Gasteiger partial charge in [0, 0.05) is 24.4 Å². The van der Waals surface area contributed by atoms with Crippen molar-refractivity contribution >= 4 is 16.5 Å². The highest BCUT2D eigenvalue weighted by atomic mass is 32.1. The van der Waals surface area contributed by atoms with Gasteiger partial charge in [-0.25, -0.2) is 4.98 Å². The van der Waals surface area contributed by atoms with Gasteiger partial charge in [-0.05, 0) is 5.56 Å². The molecule has 0 radical (unpaired) electrons. The zero-order chi connectivity index (χ0) is 13.2. The van der Waals surface area contributed by atoms with E-state index in [2.05, 4.69) is 62.4 Å². The van der Waals surface area contributed by atoms with E-state index in [4.69, 9.17) is 4.98 Å². The Hall–Kier alpha value is -1.35. The Kier molecular flexibility index (Phi) is 3.71. The summed E-state index contributed by atoms with van der Waals surface area (Å²) in [6.45, 7) is 7.49. The summed E-state index contributed by atoms with van der Waals surface area (Å²) in [5.41, 5.74) is 2.61. The molecule has 0 bridgehead atoms. The molecule has 0 fully saturated rings. The molecule has 2 aromatic rings. The van der Waals surface area contributed by atoms with Gasteiger partial charge in [0.2, 0.25) is 0 Å². The van der Waals surface area contributed by atoms with Gasteiger partial charge < -0.3 is 4.90 Å². The highest BCUT2D eigenvalue weighted by Gasteiger charge is 2.18. The fourth-order valence-corrected chi connectivity index (χ4v) is 2.73. The maximum absolute atomic E-state index is 4.72. The average molecular weight is 260 g/mol. The molecule has 0 atom stereocenters. The van der Waals surface area contributed by atoms with E-state index in [0.29, 0.717) is 0 Å². The van der Waals surface area contributed by atoms with Crippen molar-refractivity contribution in [1.82, 2.24) is 4.98 Å². The smallest absolute Gasteiger partial charge is 0.185 e. The van der Waals surface area contributed by atoms with Crippen LogP contribution >= 0.6 is 11.3 Å². The maximum atomic E-state index is 4.72. The molecule has 1 aromatic heterocycles. The summed E-state index contributed by atoms with van der Waals surface area (Å²) in [6.07, 6.45) is 0. The van der Waals surface area contributed by atoms with Crippen molar-refractivity contribution in [2.75, 3.05) is 11.9 Å². The standard InChI is InChI=1S/C15H20N2S/c1-15(2,3)13-11-18-14(16-13)17(4)10-12-8-6-5-7-9-12/h5-9,11H,10H2,1-4H3. The largest absolute Gasteiger partial charge is 0.347 e. The minimum Gasteiger partial charge on any atom is -0.347 e. The van der Waals surface area contributed by atoms with Crippen LogP contribution in [-0.4, -0.2) is 12.0 Å². The molecule has 2 nitrogen and oxygen atoms in total. The molecule has 0 aliphatic carbocycles. The molecular weight excluding hydrogens is 240 g/mol. The number of hydrogen-bond donors (Lipinski definition) is 0. The van der Waals surface area contributed by atoms with Crippen molar-refractivity contribution in [1.29, 1.82) is 0 Å². The second kappa shape index (κ2) is 5.11. The lowest BCUT2D eigenvalue weighted by molar-refractivity contribution is 0.572.